The maximum absolute atomic E-state index is 13.8. The Balaban J connectivity index is 1.60. The van der Waals surface area contributed by atoms with Gasteiger partial charge in [-0.1, -0.05) is 0 Å². The van der Waals surface area contributed by atoms with Crippen molar-refractivity contribution >= 4 is 29.2 Å². The van der Waals surface area contributed by atoms with Crippen molar-refractivity contribution in [3.8, 4) is 11.1 Å². The van der Waals surface area contributed by atoms with E-state index in [4.69, 9.17) is 0 Å². The maximum Gasteiger partial charge on any atom is 0.446 e. The standard InChI is InChI=1S/C22H18F4N4O2S/c23-15-7-13(9-27-11-15)19-8-14(10-28-20(19)30-6-5-17(31)12-30)21(32)29-16-1-3-18(4-2-16)33-22(24,25)26/h1-4,7-11,17,31H,5-6,12H2,(H,29,32). The lowest BCUT2D eigenvalue weighted by molar-refractivity contribution is -0.0328. The topological polar surface area (TPSA) is 78.4 Å². The second kappa shape index (κ2) is 9.36. The van der Waals surface area contributed by atoms with Crippen molar-refractivity contribution in [2.75, 3.05) is 23.3 Å². The number of benzene rings is 1. The number of anilines is 2. The van der Waals surface area contributed by atoms with Crippen LogP contribution in [-0.4, -0.2) is 45.7 Å². The summed E-state index contributed by atoms with van der Waals surface area (Å²) >= 11 is -0.243. The lowest BCUT2D eigenvalue weighted by atomic mass is 10.1. The Labute approximate surface area is 190 Å². The minimum atomic E-state index is -4.40. The number of rotatable bonds is 5. The van der Waals surface area contributed by atoms with Gasteiger partial charge in [-0.2, -0.15) is 13.2 Å². The Morgan fingerprint density at radius 1 is 1.15 bits per heavy atom. The molecular weight excluding hydrogens is 460 g/mol. The first-order chi connectivity index (χ1) is 15.7. The molecule has 0 radical (unpaired) electrons. The van der Waals surface area contributed by atoms with Crippen LogP contribution in [0.5, 0.6) is 0 Å². The summed E-state index contributed by atoms with van der Waals surface area (Å²) in [5.74, 6) is -0.590. The van der Waals surface area contributed by atoms with E-state index in [0.717, 1.165) is 6.20 Å². The molecule has 1 amide bonds. The molecule has 11 heteroatoms. The number of amides is 1. The summed E-state index contributed by atoms with van der Waals surface area (Å²) in [5.41, 5.74) is -3.02. The molecule has 2 N–H and O–H groups in total. The minimum absolute atomic E-state index is 0.000194. The molecule has 1 unspecified atom stereocenters. The molecule has 3 heterocycles. The number of carbonyl (C=O) groups is 1. The van der Waals surface area contributed by atoms with Gasteiger partial charge in [0, 0.05) is 47.2 Å². The highest BCUT2D eigenvalue weighted by molar-refractivity contribution is 8.00. The van der Waals surface area contributed by atoms with Crippen molar-refractivity contribution in [2.45, 2.75) is 22.9 Å². The summed E-state index contributed by atoms with van der Waals surface area (Å²) < 4.78 is 51.3. The van der Waals surface area contributed by atoms with Crippen LogP contribution in [0.25, 0.3) is 11.1 Å². The van der Waals surface area contributed by atoms with Crippen LogP contribution in [0, 0.1) is 5.82 Å². The summed E-state index contributed by atoms with van der Waals surface area (Å²) in [7, 11) is 0. The number of hydrogen-bond acceptors (Lipinski definition) is 6. The number of alkyl halides is 3. The second-order valence-electron chi connectivity index (χ2n) is 7.40. The van der Waals surface area contributed by atoms with E-state index in [1.165, 1.54) is 42.7 Å². The summed E-state index contributed by atoms with van der Waals surface area (Å²) in [6, 6.07) is 8.09. The predicted molar refractivity (Wildman–Crippen MR) is 117 cm³/mol. The van der Waals surface area contributed by atoms with Crippen molar-refractivity contribution in [3.05, 3.63) is 66.4 Å². The summed E-state index contributed by atoms with van der Waals surface area (Å²) in [5, 5.41) is 12.5. The fourth-order valence-electron chi connectivity index (χ4n) is 3.48. The van der Waals surface area contributed by atoms with Gasteiger partial charge in [-0.15, -0.1) is 0 Å². The lowest BCUT2D eigenvalue weighted by Crippen LogP contribution is -2.23. The van der Waals surface area contributed by atoms with Gasteiger partial charge in [-0.3, -0.25) is 9.78 Å². The largest absolute Gasteiger partial charge is 0.446 e. The third-order valence-electron chi connectivity index (χ3n) is 4.95. The van der Waals surface area contributed by atoms with Crippen LogP contribution in [0.15, 0.2) is 59.9 Å². The Morgan fingerprint density at radius 2 is 1.91 bits per heavy atom. The van der Waals surface area contributed by atoms with Crippen LogP contribution in [0.1, 0.15) is 16.8 Å². The number of pyridine rings is 2. The molecule has 1 aliphatic rings. The van der Waals surface area contributed by atoms with E-state index < -0.39 is 23.3 Å². The number of halogens is 4. The molecule has 2 aromatic heterocycles. The van der Waals surface area contributed by atoms with Crippen LogP contribution in [-0.2, 0) is 0 Å². The monoisotopic (exact) mass is 478 g/mol. The van der Waals surface area contributed by atoms with Crippen molar-refractivity contribution in [3.63, 3.8) is 0 Å². The highest BCUT2D eigenvalue weighted by Crippen LogP contribution is 2.37. The molecule has 172 valence electrons. The van der Waals surface area contributed by atoms with E-state index in [1.807, 2.05) is 4.90 Å². The average molecular weight is 478 g/mol. The van der Waals surface area contributed by atoms with Crippen LogP contribution >= 0.6 is 11.8 Å². The molecule has 1 saturated heterocycles. The zero-order valence-electron chi connectivity index (χ0n) is 17.0. The molecule has 1 fully saturated rings. The highest BCUT2D eigenvalue weighted by Gasteiger charge is 2.29. The Hall–Kier alpha value is -3.18. The zero-order chi connectivity index (χ0) is 23.6. The van der Waals surface area contributed by atoms with Gasteiger partial charge < -0.3 is 15.3 Å². The van der Waals surface area contributed by atoms with Gasteiger partial charge in [-0.05, 0) is 54.6 Å². The molecule has 4 rings (SSSR count). The van der Waals surface area contributed by atoms with Crippen molar-refractivity contribution in [2.24, 2.45) is 0 Å². The van der Waals surface area contributed by atoms with Gasteiger partial charge in [-0.25, -0.2) is 9.37 Å². The van der Waals surface area contributed by atoms with E-state index in [2.05, 4.69) is 15.3 Å². The number of aliphatic hydroxyl groups is 1. The normalized spacial score (nSPS) is 16.2. The molecule has 0 spiro atoms. The molecule has 0 aliphatic carbocycles. The van der Waals surface area contributed by atoms with Gasteiger partial charge >= 0.3 is 5.51 Å². The maximum atomic E-state index is 13.8. The third-order valence-corrected chi connectivity index (χ3v) is 5.69. The SMILES string of the molecule is O=C(Nc1ccc(SC(F)(F)F)cc1)c1cnc(N2CCC(O)C2)c(-c2cncc(F)c2)c1. The first kappa shape index (κ1) is 23.0. The highest BCUT2D eigenvalue weighted by atomic mass is 32.2. The van der Waals surface area contributed by atoms with Crippen LogP contribution < -0.4 is 10.2 Å². The van der Waals surface area contributed by atoms with Gasteiger partial charge in [0.05, 0.1) is 17.9 Å². The molecule has 6 nitrogen and oxygen atoms in total. The number of aromatic nitrogens is 2. The minimum Gasteiger partial charge on any atom is -0.391 e. The summed E-state index contributed by atoms with van der Waals surface area (Å²) in [6.07, 6.45) is 3.93. The fraction of sp³-hybridized carbons (Fsp3) is 0.227. The molecule has 0 saturated carbocycles. The average Bonchev–Trinajstić information content (AvgIpc) is 3.20. The van der Waals surface area contributed by atoms with E-state index in [9.17, 15) is 27.5 Å². The molecule has 1 aliphatic heterocycles. The quantitative estimate of drug-likeness (QED) is 0.408. The Morgan fingerprint density at radius 3 is 2.55 bits per heavy atom. The molecular formula is C22H18F4N4O2S. The molecule has 0 bridgehead atoms. The van der Waals surface area contributed by atoms with Crippen molar-refractivity contribution in [1.29, 1.82) is 0 Å². The molecule has 1 atom stereocenters. The van der Waals surface area contributed by atoms with Crippen LogP contribution in [0.4, 0.5) is 29.1 Å². The predicted octanol–water partition coefficient (Wildman–Crippen LogP) is 4.72. The first-order valence-electron chi connectivity index (χ1n) is 9.89. The van der Waals surface area contributed by atoms with E-state index in [-0.39, 0.29) is 22.2 Å². The van der Waals surface area contributed by atoms with Gasteiger partial charge in [0.2, 0.25) is 0 Å². The van der Waals surface area contributed by atoms with Crippen LogP contribution in [0.3, 0.4) is 0 Å². The third kappa shape index (κ3) is 5.79. The number of carbonyl (C=O) groups excluding carboxylic acids is 1. The van der Waals surface area contributed by atoms with Gasteiger partial charge in [0.25, 0.3) is 5.91 Å². The molecule has 3 aromatic rings. The number of nitrogens with one attached hydrogen (secondary N) is 1. The van der Waals surface area contributed by atoms with Crippen molar-refractivity contribution in [1.82, 2.24) is 9.97 Å². The molecule has 1 aromatic carbocycles. The van der Waals surface area contributed by atoms with Gasteiger partial charge in [0.1, 0.15) is 11.6 Å². The Kier molecular flexibility index (Phi) is 6.52. The number of nitrogens with zero attached hydrogens (tertiary/aromatic N) is 3. The summed E-state index contributed by atoms with van der Waals surface area (Å²) in [6.45, 7) is 0.911. The number of aliphatic hydroxyl groups excluding tert-OH is 1. The molecule has 33 heavy (non-hydrogen) atoms. The van der Waals surface area contributed by atoms with Crippen LogP contribution in [0.2, 0.25) is 0 Å². The number of β-amino-alcohol motifs (C(OH)–C–C–N with tert-alkyl or cyclic N) is 1. The van der Waals surface area contributed by atoms with E-state index >= 15 is 0 Å². The smallest absolute Gasteiger partial charge is 0.391 e. The number of thioether (sulfide) groups is 1. The lowest BCUT2D eigenvalue weighted by Gasteiger charge is -2.21. The first-order valence-corrected chi connectivity index (χ1v) is 10.7. The van der Waals surface area contributed by atoms with E-state index in [1.54, 1.807) is 6.07 Å². The van der Waals surface area contributed by atoms with E-state index in [0.29, 0.717) is 42.1 Å². The zero-order valence-corrected chi connectivity index (χ0v) is 17.8. The second-order valence-corrected chi connectivity index (χ2v) is 8.54. The Bertz CT molecular complexity index is 1160. The van der Waals surface area contributed by atoms with Gasteiger partial charge in [0.15, 0.2) is 0 Å². The van der Waals surface area contributed by atoms with Crippen molar-refractivity contribution < 1.29 is 27.5 Å². The summed E-state index contributed by atoms with van der Waals surface area (Å²) in [4.78, 5) is 22.9. The fourth-order valence-corrected chi connectivity index (χ4v) is 4.02. The number of hydrogen-bond donors (Lipinski definition) is 2.